The van der Waals surface area contributed by atoms with E-state index in [1.54, 1.807) is 11.1 Å². The number of rotatable bonds is 2. The van der Waals surface area contributed by atoms with Crippen molar-refractivity contribution in [1.29, 1.82) is 0 Å². The summed E-state index contributed by atoms with van der Waals surface area (Å²) in [7, 11) is 0. The molecule has 2 fully saturated rings. The zero-order valence-corrected chi connectivity index (χ0v) is 8.79. The minimum atomic E-state index is 0.751. The minimum Gasteiger partial charge on any atom is -0.0984 e. The molecule has 0 bridgehead atoms. The molecule has 0 heterocycles. The van der Waals surface area contributed by atoms with Gasteiger partial charge in [0.15, 0.2) is 0 Å². The summed E-state index contributed by atoms with van der Waals surface area (Å²) in [6.07, 6.45) is 6.82. The van der Waals surface area contributed by atoms with E-state index in [2.05, 4.69) is 25.3 Å². The highest BCUT2D eigenvalue weighted by Crippen LogP contribution is 2.87. The van der Waals surface area contributed by atoms with E-state index >= 15 is 0 Å². The monoisotopic (exact) mass is 194 g/mol. The number of benzene rings is 1. The molecule has 0 aromatic heterocycles. The SMILES string of the molecule is C=Cc1cc2c(cc1C=C)C1CC13CC23. The second-order valence-corrected chi connectivity index (χ2v) is 5.26. The van der Waals surface area contributed by atoms with Crippen molar-refractivity contribution in [2.24, 2.45) is 5.41 Å². The van der Waals surface area contributed by atoms with E-state index in [1.807, 2.05) is 12.2 Å². The predicted octanol–water partition coefficient (Wildman–Crippen LogP) is 3.95. The lowest BCUT2D eigenvalue weighted by molar-refractivity contribution is 0.844. The normalized spacial score (nSPS) is 37.6. The van der Waals surface area contributed by atoms with Crippen LogP contribution < -0.4 is 0 Å². The lowest BCUT2D eigenvalue weighted by atomic mass is 9.95. The van der Waals surface area contributed by atoms with Gasteiger partial charge in [0.1, 0.15) is 0 Å². The van der Waals surface area contributed by atoms with E-state index in [-0.39, 0.29) is 0 Å². The van der Waals surface area contributed by atoms with Crippen molar-refractivity contribution in [3.63, 3.8) is 0 Å². The quantitative estimate of drug-likeness (QED) is 0.668. The molecular weight excluding hydrogens is 180 g/mol. The summed E-state index contributed by atoms with van der Waals surface area (Å²) < 4.78 is 0. The van der Waals surface area contributed by atoms with E-state index in [0.717, 1.165) is 17.3 Å². The van der Waals surface area contributed by atoms with Crippen molar-refractivity contribution in [2.75, 3.05) is 0 Å². The van der Waals surface area contributed by atoms with Crippen LogP contribution in [0.1, 0.15) is 46.9 Å². The van der Waals surface area contributed by atoms with Crippen molar-refractivity contribution in [1.82, 2.24) is 0 Å². The van der Waals surface area contributed by atoms with Gasteiger partial charge in [0, 0.05) is 0 Å². The lowest BCUT2D eigenvalue weighted by Crippen LogP contribution is -1.91. The molecule has 74 valence electrons. The molecule has 3 aliphatic rings. The van der Waals surface area contributed by atoms with Crippen molar-refractivity contribution in [3.05, 3.63) is 47.5 Å². The second kappa shape index (κ2) is 2.11. The fraction of sp³-hybridized carbons (Fsp3) is 0.333. The molecular formula is C15H14. The van der Waals surface area contributed by atoms with Crippen LogP contribution in [-0.4, -0.2) is 0 Å². The molecule has 1 aromatic carbocycles. The average molecular weight is 194 g/mol. The molecule has 2 unspecified atom stereocenters. The summed E-state index contributed by atoms with van der Waals surface area (Å²) in [6, 6.07) is 4.70. The first-order valence-electron chi connectivity index (χ1n) is 5.73. The number of fused-ring (bicyclic) bond motifs is 3. The Balaban J connectivity index is 1.97. The van der Waals surface area contributed by atoms with Gasteiger partial charge >= 0.3 is 0 Å². The van der Waals surface area contributed by atoms with E-state index in [9.17, 15) is 0 Å². The van der Waals surface area contributed by atoms with E-state index in [0.29, 0.717) is 0 Å². The number of hydrogen-bond donors (Lipinski definition) is 0. The van der Waals surface area contributed by atoms with Crippen molar-refractivity contribution in [3.8, 4) is 0 Å². The van der Waals surface area contributed by atoms with Crippen molar-refractivity contribution in [2.45, 2.75) is 24.7 Å². The first-order chi connectivity index (χ1) is 7.30. The molecule has 0 amide bonds. The molecule has 0 aliphatic heterocycles. The lowest BCUT2D eigenvalue weighted by Gasteiger charge is -2.09. The third-order valence-corrected chi connectivity index (χ3v) is 4.72. The molecule has 2 saturated carbocycles. The van der Waals surface area contributed by atoms with Crippen LogP contribution in [0.25, 0.3) is 12.2 Å². The van der Waals surface area contributed by atoms with Gasteiger partial charge in [-0.05, 0) is 52.3 Å². The Morgan fingerprint density at radius 1 is 1.00 bits per heavy atom. The van der Waals surface area contributed by atoms with Crippen LogP contribution in [0, 0.1) is 5.41 Å². The van der Waals surface area contributed by atoms with Crippen LogP contribution in [0.3, 0.4) is 0 Å². The van der Waals surface area contributed by atoms with Gasteiger partial charge in [-0.15, -0.1) is 0 Å². The zero-order valence-electron chi connectivity index (χ0n) is 8.79. The topological polar surface area (TPSA) is 0 Å². The van der Waals surface area contributed by atoms with Crippen molar-refractivity contribution >= 4 is 12.2 Å². The molecule has 1 spiro atoms. The van der Waals surface area contributed by atoms with Crippen LogP contribution in [0.4, 0.5) is 0 Å². The summed E-state index contributed by atoms with van der Waals surface area (Å²) in [4.78, 5) is 0. The average Bonchev–Trinajstić information content (AvgIpc) is 3.15. The van der Waals surface area contributed by atoms with Crippen LogP contribution >= 0.6 is 0 Å². The standard InChI is InChI=1S/C15H14/c1-3-9-5-11-12(6-10(9)4-2)14-8-15(14)7-13(11)15/h3-6,13-14H,1-2,7-8H2. The summed E-state index contributed by atoms with van der Waals surface area (Å²) in [6.45, 7) is 7.77. The largest absolute Gasteiger partial charge is 0.0984 e. The maximum Gasteiger partial charge on any atom is -0.00903 e. The molecule has 0 saturated heterocycles. The Labute approximate surface area is 90.3 Å². The Morgan fingerprint density at radius 3 is 1.87 bits per heavy atom. The first-order valence-corrected chi connectivity index (χ1v) is 5.73. The Hall–Kier alpha value is -1.30. The van der Waals surface area contributed by atoms with Crippen LogP contribution in [-0.2, 0) is 0 Å². The molecule has 0 nitrogen and oxygen atoms in total. The molecule has 15 heavy (non-hydrogen) atoms. The summed E-state index contributed by atoms with van der Waals surface area (Å²) in [5.41, 5.74) is 6.50. The minimum absolute atomic E-state index is 0.751. The second-order valence-electron chi connectivity index (χ2n) is 5.26. The molecule has 2 atom stereocenters. The maximum absolute atomic E-state index is 3.88. The highest BCUT2D eigenvalue weighted by molar-refractivity contribution is 5.70. The smallest absolute Gasteiger partial charge is 0.00903 e. The molecule has 4 rings (SSSR count). The van der Waals surface area contributed by atoms with Gasteiger partial charge in [-0.1, -0.05) is 37.4 Å². The van der Waals surface area contributed by atoms with Gasteiger partial charge < -0.3 is 0 Å². The maximum atomic E-state index is 3.88. The summed E-state index contributed by atoms with van der Waals surface area (Å²) in [5, 5.41) is 0. The molecule has 0 radical (unpaired) electrons. The van der Waals surface area contributed by atoms with E-state index < -0.39 is 0 Å². The fourth-order valence-corrected chi connectivity index (χ4v) is 3.72. The van der Waals surface area contributed by atoms with Crippen LogP contribution in [0.5, 0.6) is 0 Å². The summed E-state index contributed by atoms with van der Waals surface area (Å²) in [5.74, 6) is 1.80. The molecule has 3 aliphatic carbocycles. The highest BCUT2D eigenvalue weighted by Gasteiger charge is 2.75. The van der Waals surface area contributed by atoms with E-state index in [4.69, 9.17) is 0 Å². The Morgan fingerprint density at radius 2 is 1.47 bits per heavy atom. The van der Waals surface area contributed by atoms with Gasteiger partial charge in [-0.2, -0.15) is 0 Å². The van der Waals surface area contributed by atoms with Gasteiger partial charge in [0.05, 0.1) is 0 Å². The molecule has 0 N–H and O–H groups in total. The van der Waals surface area contributed by atoms with Gasteiger partial charge in [0.2, 0.25) is 0 Å². The van der Waals surface area contributed by atoms with Crippen LogP contribution in [0.2, 0.25) is 0 Å². The predicted molar refractivity (Wildman–Crippen MR) is 63.8 cm³/mol. The Bertz CT molecular complexity index is 460. The summed E-state index contributed by atoms with van der Waals surface area (Å²) >= 11 is 0. The molecule has 0 heteroatoms. The van der Waals surface area contributed by atoms with Gasteiger partial charge in [0.25, 0.3) is 0 Å². The van der Waals surface area contributed by atoms with Gasteiger partial charge in [-0.3, -0.25) is 0 Å². The third-order valence-electron chi connectivity index (χ3n) is 4.72. The number of hydrogen-bond acceptors (Lipinski definition) is 0. The van der Waals surface area contributed by atoms with Crippen LogP contribution in [0.15, 0.2) is 25.3 Å². The highest BCUT2D eigenvalue weighted by atomic mass is 14.8. The van der Waals surface area contributed by atoms with Crippen molar-refractivity contribution < 1.29 is 0 Å². The molecule has 1 aromatic rings. The third kappa shape index (κ3) is 0.728. The fourth-order valence-electron chi connectivity index (χ4n) is 3.72. The van der Waals surface area contributed by atoms with E-state index in [1.165, 1.54) is 24.0 Å². The first kappa shape index (κ1) is 7.92. The zero-order chi connectivity index (χ0) is 10.2. The Kier molecular flexibility index (Phi) is 1.11. The van der Waals surface area contributed by atoms with Gasteiger partial charge in [-0.25, -0.2) is 0 Å².